The summed E-state index contributed by atoms with van der Waals surface area (Å²) in [6.45, 7) is 0. The maximum Gasteiger partial charge on any atom is 0.403 e. The molecule has 0 aliphatic heterocycles. The maximum atomic E-state index is 4.33. The van der Waals surface area contributed by atoms with Crippen molar-refractivity contribution in [3.05, 3.63) is 72.3 Å². The first-order valence-corrected chi connectivity index (χ1v) is 12.8. The van der Waals surface area contributed by atoms with E-state index in [4.69, 9.17) is 0 Å². The molecular formula is C29H44N10+2. The van der Waals surface area contributed by atoms with E-state index in [9.17, 15) is 0 Å². The lowest BCUT2D eigenvalue weighted by Gasteiger charge is -2.04. The maximum absolute atomic E-state index is 4.33. The Labute approximate surface area is 232 Å². The van der Waals surface area contributed by atoms with E-state index in [2.05, 4.69) is 54.9 Å². The zero-order valence-electron chi connectivity index (χ0n) is 22.2. The van der Waals surface area contributed by atoms with Gasteiger partial charge in [-0.1, -0.05) is 68.6 Å². The normalized spacial score (nSPS) is 11.2. The highest BCUT2D eigenvalue weighted by Gasteiger charge is 2.12. The van der Waals surface area contributed by atoms with Gasteiger partial charge in [-0.15, -0.1) is 9.36 Å². The van der Waals surface area contributed by atoms with Crippen LogP contribution in [0.4, 0.5) is 23.3 Å². The molecule has 0 amide bonds. The molecule has 4 aromatic rings. The number of hydrogen-bond donors (Lipinski definition) is 0. The zero-order valence-corrected chi connectivity index (χ0v) is 22.2. The molecule has 0 N–H and O–H groups in total. The third-order valence-electron chi connectivity index (χ3n) is 6.32. The highest BCUT2D eigenvalue weighted by atomic mass is 15.4. The van der Waals surface area contributed by atoms with Crippen LogP contribution in [0.5, 0.6) is 0 Å². The van der Waals surface area contributed by atoms with Crippen LogP contribution in [0.15, 0.2) is 81.6 Å². The average Bonchev–Trinajstić information content (AvgIpc) is 3.41. The monoisotopic (exact) mass is 532 g/mol. The molecule has 0 bridgehead atoms. The van der Waals surface area contributed by atoms with Crippen molar-refractivity contribution in [2.45, 2.75) is 59.8 Å². The highest BCUT2D eigenvalue weighted by Crippen LogP contribution is 2.19. The van der Waals surface area contributed by atoms with Gasteiger partial charge in [-0.3, -0.25) is 0 Å². The van der Waals surface area contributed by atoms with Crippen LogP contribution in [0.25, 0.3) is 0 Å². The SMILES string of the molecule is C.C.Cn1nc[n+](C)c1N=Nc1ccc(CCCCCCCc2ccc(N=Nc3n(C)nc[n+]3C)cc2)cc1. The highest BCUT2D eigenvalue weighted by molar-refractivity contribution is 5.39. The Balaban J connectivity index is 0.00000267. The smallest absolute Gasteiger partial charge is 0.225 e. The molecule has 0 aliphatic carbocycles. The van der Waals surface area contributed by atoms with Crippen molar-refractivity contribution in [3.63, 3.8) is 0 Å². The van der Waals surface area contributed by atoms with Crippen LogP contribution in [-0.2, 0) is 41.0 Å². The molecule has 0 aliphatic rings. The second-order valence-corrected chi connectivity index (χ2v) is 9.33. The average molecular weight is 533 g/mol. The van der Waals surface area contributed by atoms with Gasteiger partial charge in [-0.2, -0.15) is 0 Å². The number of aromatic nitrogens is 6. The number of nitrogens with zero attached hydrogens (tertiary/aromatic N) is 10. The van der Waals surface area contributed by atoms with Gasteiger partial charge in [-0.25, -0.2) is 9.13 Å². The van der Waals surface area contributed by atoms with Crippen molar-refractivity contribution in [2.24, 2.45) is 48.6 Å². The molecule has 0 saturated carbocycles. The van der Waals surface area contributed by atoms with Crippen molar-refractivity contribution >= 4 is 23.3 Å². The summed E-state index contributed by atoms with van der Waals surface area (Å²) in [7, 11) is 7.52. The van der Waals surface area contributed by atoms with E-state index < -0.39 is 0 Å². The molecule has 2 aromatic heterocycles. The lowest BCUT2D eigenvalue weighted by atomic mass is 10.0. The molecule has 0 atom stereocenters. The number of hydrogen-bond acceptors (Lipinski definition) is 6. The Morgan fingerprint density at radius 1 is 0.564 bits per heavy atom. The minimum atomic E-state index is 0. The fourth-order valence-electron chi connectivity index (χ4n) is 4.10. The summed E-state index contributed by atoms with van der Waals surface area (Å²) in [5, 5.41) is 25.6. The molecule has 10 heteroatoms. The molecule has 10 nitrogen and oxygen atoms in total. The Bertz CT molecular complexity index is 1190. The molecule has 2 aromatic carbocycles. The third kappa shape index (κ3) is 9.01. The van der Waals surface area contributed by atoms with Crippen LogP contribution in [0.3, 0.4) is 0 Å². The largest absolute Gasteiger partial charge is 0.403 e. The molecule has 4 rings (SSSR count). The first-order chi connectivity index (χ1) is 18.0. The summed E-state index contributed by atoms with van der Waals surface area (Å²) in [4.78, 5) is 0. The number of rotatable bonds is 12. The van der Waals surface area contributed by atoms with Crippen LogP contribution in [0, 0.1) is 0 Å². The third-order valence-corrected chi connectivity index (χ3v) is 6.32. The fraction of sp³-hybridized carbons (Fsp3) is 0.448. The van der Waals surface area contributed by atoms with E-state index in [0.717, 1.165) is 24.2 Å². The predicted molar refractivity (Wildman–Crippen MR) is 154 cm³/mol. The molecule has 0 unspecified atom stereocenters. The summed E-state index contributed by atoms with van der Waals surface area (Å²) in [6.07, 6.45) is 11.8. The molecule has 0 radical (unpaired) electrons. The lowest BCUT2D eigenvalue weighted by Crippen LogP contribution is -2.25. The van der Waals surface area contributed by atoms with Gasteiger partial charge >= 0.3 is 11.9 Å². The van der Waals surface area contributed by atoms with E-state index in [-0.39, 0.29) is 14.9 Å². The van der Waals surface area contributed by atoms with Crippen LogP contribution >= 0.6 is 0 Å². The molecule has 0 fully saturated rings. The van der Waals surface area contributed by atoms with Gasteiger partial charge in [-0.05, 0) is 71.3 Å². The molecule has 208 valence electrons. The van der Waals surface area contributed by atoms with E-state index >= 15 is 0 Å². The standard InChI is InChI=1S/C27H36N10.2CH4/c1-34-20-28-36(3)26(34)32-30-24-16-12-22(13-17-24)10-8-6-5-7-9-11-23-14-18-25(19-15-23)31-33-27-35(2)21-29-37(27)4;;/h12-21H,5-11H2,1-4H3;2*1H4/q+2;;. The van der Waals surface area contributed by atoms with Crippen molar-refractivity contribution in [1.29, 1.82) is 0 Å². The molecule has 0 saturated heterocycles. The van der Waals surface area contributed by atoms with E-state index in [1.165, 1.54) is 43.2 Å². The van der Waals surface area contributed by atoms with Gasteiger partial charge < -0.3 is 0 Å². The first-order valence-electron chi connectivity index (χ1n) is 12.8. The quantitative estimate of drug-likeness (QED) is 0.116. The first kappa shape index (κ1) is 31.1. The van der Waals surface area contributed by atoms with E-state index in [1.54, 1.807) is 22.0 Å². The fourth-order valence-corrected chi connectivity index (χ4v) is 4.10. The van der Waals surface area contributed by atoms with E-state index in [1.807, 2.05) is 61.6 Å². The lowest BCUT2D eigenvalue weighted by molar-refractivity contribution is -0.659. The minimum absolute atomic E-state index is 0. The van der Waals surface area contributed by atoms with E-state index in [0.29, 0.717) is 11.9 Å². The summed E-state index contributed by atoms with van der Waals surface area (Å²) in [5.41, 5.74) is 4.39. The zero-order chi connectivity index (χ0) is 26.0. The van der Waals surface area contributed by atoms with Crippen LogP contribution in [0.2, 0.25) is 0 Å². The Morgan fingerprint density at radius 2 is 0.923 bits per heavy atom. The van der Waals surface area contributed by atoms with Crippen molar-refractivity contribution in [2.75, 3.05) is 0 Å². The number of azo groups is 2. The minimum Gasteiger partial charge on any atom is -0.225 e. The molecule has 39 heavy (non-hydrogen) atoms. The van der Waals surface area contributed by atoms with Gasteiger partial charge in [0.25, 0.3) is 0 Å². The summed E-state index contributed by atoms with van der Waals surface area (Å²) < 4.78 is 7.08. The Morgan fingerprint density at radius 3 is 1.26 bits per heavy atom. The van der Waals surface area contributed by atoms with Crippen LogP contribution < -0.4 is 9.13 Å². The topological polar surface area (TPSA) is 92.8 Å². The molecule has 2 heterocycles. The molecular weight excluding hydrogens is 488 g/mol. The number of unbranched alkanes of at least 4 members (excludes halogenated alkanes) is 4. The summed E-state index contributed by atoms with van der Waals surface area (Å²) in [6, 6.07) is 16.7. The second kappa shape index (κ2) is 15.4. The summed E-state index contributed by atoms with van der Waals surface area (Å²) >= 11 is 0. The van der Waals surface area contributed by atoms with Crippen LogP contribution in [0.1, 0.15) is 58.1 Å². The number of aryl methyl sites for hydroxylation is 6. The van der Waals surface area contributed by atoms with Gasteiger partial charge in [0.05, 0.1) is 39.6 Å². The van der Waals surface area contributed by atoms with Gasteiger partial charge in [0, 0.05) is 10.2 Å². The second-order valence-electron chi connectivity index (χ2n) is 9.33. The van der Waals surface area contributed by atoms with Gasteiger partial charge in [0.1, 0.15) is 0 Å². The van der Waals surface area contributed by atoms with Crippen molar-refractivity contribution < 1.29 is 9.13 Å². The Kier molecular flexibility index (Phi) is 12.3. The summed E-state index contributed by atoms with van der Waals surface area (Å²) in [5.74, 6) is 1.41. The Hall–Kier alpha value is -4.08. The predicted octanol–water partition coefficient (Wildman–Crippen LogP) is 6.64. The van der Waals surface area contributed by atoms with Crippen molar-refractivity contribution in [3.8, 4) is 0 Å². The number of benzene rings is 2. The molecule has 0 spiro atoms. The van der Waals surface area contributed by atoms with Crippen LogP contribution in [-0.4, -0.2) is 19.6 Å². The van der Waals surface area contributed by atoms with Gasteiger partial charge in [0.2, 0.25) is 12.7 Å². The van der Waals surface area contributed by atoms with Crippen molar-refractivity contribution in [1.82, 2.24) is 19.6 Å². The van der Waals surface area contributed by atoms with Gasteiger partial charge in [0.15, 0.2) is 0 Å².